The van der Waals surface area contributed by atoms with Gasteiger partial charge < -0.3 is 4.74 Å². The van der Waals surface area contributed by atoms with Gasteiger partial charge in [-0.1, -0.05) is 23.7 Å². The van der Waals surface area contributed by atoms with Crippen molar-refractivity contribution in [3.8, 4) is 0 Å². The smallest absolute Gasteiger partial charge is 0.134 e. The summed E-state index contributed by atoms with van der Waals surface area (Å²) in [7, 11) is 0. The fourth-order valence-electron chi connectivity index (χ4n) is 1.45. The average molecular weight is 232 g/mol. The van der Waals surface area contributed by atoms with E-state index in [9.17, 15) is 0 Å². The molecule has 1 saturated heterocycles. The van der Waals surface area contributed by atoms with Gasteiger partial charge >= 0.3 is 0 Å². The van der Waals surface area contributed by atoms with Crippen molar-refractivity contribution >= 4 is 23.2 Å². The molecular weight excluding hydrogens is 221 g/mol. The predicted octanol–water partition coefficient (Wildman–Crippen LogP) is 2.57. The molecule has 2 nitrogen and oxygen atoms in total. The van der Waals surface area contributed by atoms with Gasteiger partial charge in [-0.25, -0.2) is 0 Å². The van der Waals surface area contributed by atoms with Crippen LogP contribution in [0.5, 0.6) is 0 Å². The van der Waals surface area contributed by atoms with Crippen LogP contribution in [0.1, 0.15) is 11.8 Å². The third kappa shape index (κ3) is 2.20. The third-order valence-corrected chi connectivity index (χ3v) is 2.80. The number of rotatable bonds is 2. The second-order valence-corrected chi connectivity index (χ2v) is 4.00. The molecule has 0 spiro atoms. The lowest BCUT2D eigenvalue weighted by atomic mass is 10.2. The van der Waals surface area contributed by atoms with Crippen LogP contribution in [0.2, 0.25) is 5.02 Å². The number of nitrogens with one attached hydrogen (secondary N) is 1. The molecule has 0 aromatic heterocycles. The van der Waals surface area contributed by atoms with Crippen LogP contribution in [0.4, 0.5) is 0 Å². The summed E-state index contributed by atoms with van der Waals surface area (Å²) in [6, 6.07) is 7.62. The van der Waals surface area contributed by atoms with Crippen LogP contribution >= 0.6 is 23.2 Å². The van der Waals surface area contributed by atoms with Gasteiger partial charge in [-0.05, 0) is 17.7 Å². The first-order valence-corrected chi connectivity index (χ1v) is 5.41. The molecule has 14 heavy (non-hydrogen) atoms. The molecule has 76 valence electrons. The van der Waals surface area contributed by atoms with Crippen LogP contribution < -0.4 is 5.32 Å². The van der Waals surface area contributed by atoms with E-state index in [0.717, 1.165) is 17.1 Å². The highest BCUT2D eigenvalue weighted by molar-refractivity contribution is 6.30. The van der Waals surface area contributed by atoms with Crippen molar-refractivity contribution in [2.24, 2.45) is 0 Å². The first kappa shape index (κ1) is 10.2. The summed E-state index contributed by atoms with van der Waals surface area (Å²) in [6.45, 7) is 0.802. The van der Waals surface area contributed by atoms with E-state index in [1.807, 2.05) is 24.3 Å². The van der Waals surface area contributed by atoms with Crippen LogP contribution in [-0.2, 0) is 4.74 Å². The first-order valence-electron chi connectivity index (χ1n) is 4.50. The topological polar surface area (TPSA) is 21.3 Å². The van der Waals surface area contributed by atoms with Crippen molar-refractivity contribution in [2.45, 2.75) is 12.3 Å². The second kappa shape index (κ2) is 4.49. The Hall–Kier alpha value is -0.280. The van der Waals surface area contributed by atoms with Gasteiger partial charge in [-0.2, -0.15) is 0 Å². The summed E-state index contributed by atoms with van der Waals surface area (Å²) in [5.41, 5.74) is 1.09. The van der Waals surface area contributed by atoms with Crippen LogP contribution in [0.3, 0.4) is 0 Å². The molecule has 2 atom stereocenters. The minimum atomic E-state index is -0.0454. The maximum Gasteiger partial charge on any atom is 0.134 e. The Morgan fingerprint density at radius 1 is 1.36 bits per heavy atom. The van der Waals surface area contributed by atoms with E-state index in [1.165, 1.54) is 0 Å². The van der Waals surface area contributed by atoms with E-state index in [4.69, 9.17) is 27.9 Å². The maximum atomic E-state index is 5.79. The highest BCUT2D eigenvalue weighted by atomic mass is 35.5. The van der Waals surface area contributed by atoms with Crippen LogP contribution in [-0.4, -0.2) is 18.5 Å². The Bertz CT molecular complexity index is 301. The summed E-state index contributed by atoms with van der Waals surface area (Å²) in [5.74, 6) is 0.525. The lowest BCUT2D eigenvalue weighted by Crippen LogP contribution is -2.15. The van der Waals surface area contributed by atoms with Gasteiger partial charge in [0.25, 0.3) is 0 Å². The van der Waals surface area contributed by atoms with Crippen LogP contribution in [0.25, 0.3) is 0 Å². The highest BCUT2D eigenvalue weighted by Gasteiger charge is 2.24. The average Bonchev–Trinajstić information content (AvgIpc) is 2.67. The Morgan fingerprint density at radius 3 is 2.64 bits per heavy atom. The Labute approximate surface area is 93.2 Å². The molecular formula is C10H11Cl2NO. The van der Waals surface area contributed by atoms with Crippen molar-refractivity contribution in [3.63, 3.8) is 0 Å². The minimum Gasteiger partial charge on any atom is -0.353 e. The monoisotopic (exact) mass is 231 g/mol. The van der Waals surface area contributed by atoms with Crippen LogP contribution in [0.15, 0.2) is 24.3 Å². The molecule has 0 amide bonds. The van der Waals surface area contributed by atoms with Gasteiger partial charge in [-0.15, -0.1) is 11.6 Å². The zero-order valence-electron chi connectivity index (χ0n) is 7.54. The van der Waals surface area contributed by atoms with Gasteiger partial charge in [0.1, 0.15) is 6.23 Å². The number of hydrogen-bond acceptors (Lipinski definition) is 2. The van der Waals surface area contributed by atoms with Gasteiger partial charge in [0.2, 0.25) is 0 Å². The summed E-state index contributed by atoms with van der Waals surface area (Å²) < 4.78 is 5.65. The lowest BCUT2D eigenvalue weighted by molar-refractivity contribution is 0.0528. The zero-order chi connectivity index (χ0) is 9.97. The fourth-order valence-corrected chi connectivity index (χ4v) is 1.76. The summed E-state index contributed by atoms with van der Waals surface area (Å²) >= 11 is 11.5. The highest BCUT2D eigenvalue weighted by Crippen LogP contribution is 2.23. The van der Waals surface area contributed by atoms with Crippen LogP contribution in [0, 0.1) is 0 Å². The fraction of sp³-hybridized carbons (Fsp3) is 0.400. The molecule has 1 aliphatic rings. The van der Waals surface area contributed by atoms with E-state index in [1.54, 1.807) is 0 Å². The third-order valence-electron chi connectivity index (χ3n) is 2.20. The summed E-state index contributed by atoms with van der Waals surface area (Å²) in [5, 5.41) is 3.98. The molecule has 0 unspecified atom stereocenters. The van der Waals surface area contributed by atoms with E-state index >= 15 is 0 Å². The Kier molecular flexibility index (Phi) is 3.29. The van der Waals surface area contributed by atoms with Gasteiger partial charge in [0, 0.05) is 17.4 Å². The zero-order valence-corrected chi connectivity index (χ0v) is 9.05. The molecule has 1 fully saturated rings. The normalized spacial score (nSPS) is 26.7. The largest absolute Gasteiger partial charge is 0.353 e. The SMILES string of the molecule is ClC[C@@H]1CN[C@@H](c2ccc(Cl)cc2)O1. The molecule has 2 rings (SSSR count). The predicted molar refractivity (Wildman–Crippen MR) is 57.8 cm³/mol. The van der Waals surface area contributed by atoms with Crippen molar-refractivity contribution in [3.05, 3.63) is 34.9 Å². The molecule has 1 aromatic rings. The Morgan fingerprint density at radius 2 is 2.07 bits per heavy atom. The minimum absolute atomic E-state index is 0.0454. The molecule has 0 radical (unpaired) electrons. The molecule has 0 aliphatic carbocycles. The van der Waals surface area contributed by atoms with Crippen molar-refractivity contribution in [1.82, 2.24) is 5.32 Å². The van der Waals surface area contributed by atoms with Gasteiger partial charge in [-0.3, -0.25) is 5.32 Å². The van der Waals surface area contributed by atoms with Crippen molar-refractivity contribution in [2.75, 3.05) is 12.4 Å². The van der Waals surface area contributed by atoms with E-state index in [2.05, 4.69) is 5.32 Å². The van der Waals surface area contributed by atoms with E-state index in [-0.39, 0.29) is 12.3 Å². The summed E-state index contributed by atoms with van der Waals surface area (Å²) in [6.07, 6.45) is 0.0633. The van der Waals surface area contributed by atoms with E-state index in [0.29, 0.717) is 5.88 Å². The first-order chi connectivity index (χ1) is 6.79. The molecule has 1 heterocycles. The number of ether oxygens (including phenoxy) is 1. The number of halogens is 2. The van der Waals surface area contributed by atoms with Crippen molar-refractivity contribution in [1.29, 1.82) is 0 Å². The standard InChI is InChI=1S/C10H11Cl2NO/c11-5-9-6-13-10(14-9)7-1-3-8(12)4-2-7/h1-4,9-10,13H,5-6H2/t9-,10-/m1/s1. The summed E-state index contributed by atoms with van der Waals surface area (Å²) in [4.78, 5) is 0. The van der Waals surface area contributed by atoms with Gasteiger partial charge in [0.15, 0.2) is 0 Å². The van der Waals surface area contributed by atoms with E-state index < -0.39 is 0 Å². The molecule has 0 bridgehead atoms. The number of benzene rings is 1. The second-order valence-electron chi connectivity index (χ2n) is 3.25. The molecule has 1 aliphatic heterocycles. The molecule has 0 saturated carbocycles. The number of hydrogen-bond donors (Lipinski definition) is 1. The Balaban J connectivity index is 2.06. The molecule has 1 aromatic carbocycles. The van der Waals surface area contributed by atoms with Gasteiger partial charge in [0.05, 0.1) is 6.10 Å². The molecule has 1 N–H and O–H groups in total. The maximum absolute atomic E-state index is 5.79. The quantitative estimate of drug-likeness (QED) is 0.791. The molecule has 4 heteroatoms. The lowest BCUT2D eigenvalue weighted by Gasteiger charge is -2.11. The number of alkyl halides is 1. The van der Waals surface area contributed by atoms with Crippen molar-refractivity contribution < 1.29 is 4.74 Å².